The zero-order valence-corrected chi connectivity index (χ0v) is 13.6. The predicted molar refractivity (Wildman–Crippen MR) is 92.1 cm³/mol. The number of likely N-dealkylation sites (tertiary alicyclic amines) is 1. The number of piperidine rings is 1. The third kappa shape index (κ3) is 2.77. The minimum atomic E-state index is -0.144. The second kappa shape index (κ2) is 6.08. The lowest BCUT2D eigenvalue weighted by Gasteiger charge is -2.32. The fraction of sp³-hybridized carbons (Fsp3) is 0.278. The number of amides is 1. The summed E-state index contributed by atoms with van der Waals surface area (Å²) in [5, 5.41) is 11.4. The van der Waals surface area contributed by atoms with Crippen molar-refractivity contribution in [3.8, 4) is 0 Å². The Balaban J connectivity index is 1.52. The molecule has 1 fully saturated rings. The molecule has 0 radical (unpaired) electrons. The van der Waals surface area contributed by atoms with Crippen LogP contribution >= 0.6 is 0 Å². The van der Waals surface area contributed by atoms with Gasteiger partial charge in [0.2, 0.25) is 0 Å². The third-order valence-electron chi connectivity index (χ3n) is 4.76. The summed E-state index contributed by atoms with van der Waals surface area (Å²) in [6.45, 7) is 1.12. The summed E-state index contributed by atoms with van der Waals surface area (Å²) in [5.41, 5.74) is 2.00. The molecule has 1 amide bonds. The highest BCUT2D eigenvalue weighted by Gasteiger charge is 2.27. The topological polar surface area (TPSA) is 85.0 Å². The number of benzene rings is 1. The second-order valence-corrected chi connectivity index (χ2v) is 6.29. The van der Waals surface area contributed by atoms with Gasteiger partial charge < -0.3 is 15.1 Å². The first kappa shape index (κ1) is 15.4. The number of hydrogen-bond acceptors (Lipinski definition) is 3. The Hall–Kier alpha value is -3.09. The Labute approximate surface area is 143 Å². The lowest BCUT2D eigenvalue weighted by Crippen LogP contribution is -2.41. The van der Waals surface area contributed by atoms with Crippen molar-refractivity contribution in [1.82, 2.24) is 14.5 Å². The van der Waals surface area contributed by atoms with Crippen molar-refractivity contribution in [3.05, 3.63) is 70.0 Å². The number of aromatic nitrogens is 3. The molecule has 7 nitrogen and oxygen atoms in total. The highest BCUT2D eigenvalue weighted by Crippen LogP contribution is 2.25. The number of nitrogens with one attached hydrogen (secondary N) is 1. The van der Waals surface area contributed by atoms with Gasteiger partial charge in [0.05, 0.1) is 11.0 Å². The van der Waals surface area contributed by atoms with E-state index in [4.69, 9.17) is 0 Å². The minimum Gasteiger partial charge on any atom is -0.619 e. The normalized spacial score (nSPS) is 15.6. The molecule has 2 aromatic heterocycles. The molecule has 1 aliphatic heterocycles. The molecule has 1 N–H and O–H groups in total. The Morgan fingerprint density at radius 2 is 1.92 bits per heavy atom. The Morgan fingerprint density at radius 1 is 1.16 bits per heavy atom. The first-order chi connectivity index (χ1) is 12.1. The van der Waals surface area contributed by atoms with E-state index in [1.165, 1.54) is 12.4 Å². The van der Waals surface area contributed by atoms with E-state index >= 15 is 0 Å². The summed E-state index contributed by atoms with van der Waals surface area (Å²) in [7, 11) is 0. The zero-order chi connectivity index (χ0) is 17.4. The molecular formula is C18H18N4O3. The van der Waals surface area contributed by atoms with E-state index < -0.39 is 0 Å². The van der Waals surface area contributed by atoms with Crippen LogP contribution in [0.1, 0.15) is 29.2 Å². The standard InChI is InChI=1S/C18H18N4O3/c23-17(13-4-3-9-21(25)12-13)20-10-7-14(8-11-20)22-16-6-2-1-5-15(16)19-18(22)24/h1-6,9,12,14H,7-8,10-11H2,(H,19,24). The number of aromatic amines is 1. The molecule has 1 aliphatic rings. The molecule has 1 aromatic carbocycles. The number of carbonyl (C=O) groups excluding carboxylic acids is 1. The van der Waals surface area contributed by atoms with Crippen molar-refractivity contribution < 1.29 is 9.52 Å². The molecule has 128 valence electrons. The molecule has 3 heterocycles. The van der Waals surface area contributed by atoms with Crippen molar-refractivity contribution >= 4 is 16.9 Å². The van der Waals surface area contributed by atoms with Gasteiger partial charge in [-0.3, -0.25) is 9.36 Å². The Kier molecular flexibility index (Phi) is 3.76. The fourth-order valence-electron chi connectivity index (χ4n) is 3.53. The van der Waals surface area contributed by atoms with Crippen molar-refractivity contribution in [3.63, 3.8) is 0 Å². The second-order valence-electron chi connectivity index (χ2n) is 6.29. The van der Waals surface area contributed by atoms with Crippen LogP contribution in [0.3, 0.4) is 0 Å². The number of carbonyl (C=O) groups is 1. The molecule has 3 aromatic rings. The Morgan fingerprint density at radius 3 is 2.68 bits per heavy atom. The maximum atomic E-state index is 12.5. The van der Waals surface area contributed by atoms with Gasteiger partial charge in [0.25, 0.3) is 5.91 Å². The van der Waals surface area contributed by atoms with Crippen LogP contribution in [0.15, 0.2) is 53.6 Å². The van der Waals surface area contributed by atoms with Crippen LogP contribution < -0.4 is 10.4 Å². The molecule has 7 heteroatoms. The number of fused-ring (bicyclic) bond motifs is 1. The monoisotopic (exact) mass is 338 g/mol. The van der Waals surface area contributed by atoms with Crippen LogP contribution in [0, 0.1) is 5.21 Å². The van der Waals surface area contributed by atoms with Crippen LogP contribution in [0.25, 0.3) is 11.0 Å². The SMILES string of the molecule is O=C(c1ccc[n+]([O-])c1)N1CCC(n2c(=O)[nH]c3ccccc32)CC1. The summed E-state index contributed by atoms with van der Waals surface area (Å²) >= 11 is 0. The summed E-state index contributed by atoms with van der Waals surface area (Å²) in [5.74, 6) is -0.144. The number of H-pyrrole nitrogens is 1. The predicted octanol–water partition coefficient (Wildman–Crippen LogP) is 1.44. The fourth-order valence-corrected chi connectivity index (χ4v) is 3.53. The molecule has 0 bridgehead atoms. The number of rotatable bonds is 2. The number of nitrogens with zero attached hydrogens (tertiary/aromatic N) is 3. The molecule has 0 atom stereocenters. The summed E-state index contributed by atoms with van der Waals surface area (Å²) in [6, 6.07) is 10.9. The van der Waals surface area contributed by atoms with E-state index in [-0.39, 0.29) is 17.6 Å². The first-order valence-electron chi connectivity index (χ1n) is 8.31. The van der Waals surface area contributed by atoms with Gasteiger partial charge in [-0.25, -0.2) is 4.79 Å². The number of imidazole rings is 1. The Bertz CT molecular complexity index is 983. The van der Waals surface area contributed by atoms with Gasteiger partial charge in [-0.05, 0) is 31.0 Å². The van der Waals surface area contributed by atoms with Gasteiger partial charge in [-0.2, -0.15) is 4.73 Å². The van der Waals surface area contributed by atoms with Crippen molar-refractivity contribution in [2.24, 2.45) is 0 Å². The van der Waals surface area contributed by atoms with Crippen LogP contribution in [-0.2, 0) is 0 Å². The molecule has 0 spiro atoms. The molecule has 4 rings (SSSR count). The summed E-state index contributed by atoms with van der Waals surface area (Å²) < 4.78 is 2.43. The van der Waals surface area contributed by atoms with Crippen molar-refractivity contribution in [2.45, 2.75) is 18.9 Å². The highest BCUT2D eigenvalue weighted by molar-refractivity contribution is 5.93. The van der Waals surface area contributed by atoms with E-state index in [0.29, 0.717) is 36.2 Å². The van der Waals surface area contributed by atoms with Crippen LogP contribution in [0.5, 0.6) is 0 Å². The smallest absolute Gasteiger partial charge is 0.326 e. The molecule has 0 aliphatic carbocycles. The van der Waals surface area contributed by atoms with Gasteiger partial charge in [0.1, 0.15) is 5.56 Å². The van der Waals surface area contributed by atoms with Crippen LogP contribution in [0.4, 0.5) is 0 Å². The molecule has 0 unspecified atom stereocenters. The summed E-state index contributed by atoms with van der Waals surface area (Å²) in [4.78, 5) is 29.4. The van der Waals surface area contributed by atoms with Gasteiger partial charge in [0, 0.05) is 25.2 Å². The van der Waals surface area contributed by atoms with Gasteiger partial charge in [-0.15, -0.1) is 0 Å². The molecule has 1 saturated heterocycles. The maximum Gasteiger partial charge on any atom is 0.326 e. The van der Waals surface area contributed by atoms with Crippen molar-refractivity contribution in [1.29, 1.82) is 0 Å². The summed E-state index contributed by atoms with van der Waals surface area (Å²) in [6.07, 6.45) is 4.06. The quantitative estimate of drug-likeness (QED) is 0.567. The minimum absolute atomic E-state index is 0.0629. The first-order valence-corrected chi connectivity index (χ1v) is 8.31. The van der Waals surface area contributed by atoms with E-state index in [9.17, 15) is 14.8 Å². The van der Waals surface area contributed by atoms with Crippen LogP contribution in [-0.4, -0.2) is 33.4 Å². The van der Waals surface area contributed by atoms with E-state index in [2.05, 4.69) is 4.98 Å². The van der Waals surface area contributed by atoms with Gasteiger partial charge in [0.15, 0.2) is 12.4 Å². The molecule has 0 saturated carbocycles. The number of hydrogen-bond donors (Lipinski definition) is 1. The van der Waals surface area contributed by atoms with E-state index in [1.54, 1.807) is 21.6 Å². The average Bonchev–Trinajstić information content (AvgIpc) is 2.97. The zero-order valence-electron chi connectivity index (χ0n) is 13.6. The maximum absolute atomic E-state index is 12.5. The number of pyridine rings is 1. The lowest BCUT2D eigenvalue weighted by atomic mass is 10.0. The lowest BCUT2D eigenvalue weighted by molar-refractivity contribution is -0.605. The van der Waals surface area contributed by atoms with E-state index in [1.807, 2.05) is 24.3 Å². The van der Waals surface area contributed by atoms with Gasteiger partial charge in [-0.1, -0.05) is 12.1 Å². The third-order valence-corrected chi connectivity index (χ3v) is 4.76. The van der Waals surface area contributed by atoms with Crippen molar-refractivity contribution in [2.75, 3.05) is 13.1 Å². The largest absolute Gasteiger partial charge is 0.619 e. The van der Waals surface area contributed by atoms with Gasteiger partial charge >= 0.3 is 5.69 Å². The average molecular weight is 338 g/mol. The van der Waals surface area contributed by atoms with E-state index in [0.717, 1.165) is 11.0 Å². The molecule has 25 heavy (non-hydrogen) atoms. The highest BCUT2D eigenvalue weighted by atomic mass is 16.5. The van der Waals surface area contributed by atoms with Crippen LogP contribution in [0.2, 0.25) is 0 Å². The molecular weight excluding hydrogens is 320 g/mol. The number of para-hydroxylation sites is 2.